The van der Waals surface area contributed by atoms with Crippen molar-refractivity contribution in [2.24, 2.45) is 5.92 Å². The van der Waals surface area contributed by atoms with Crippen LogP contribution < -0.4 is 9.47 Å². The predicted octanol–water partition coefficient (Wildman–Crippen LogP) is 5.63. The molecule has 0 saturated carbocycles. The number of fused-ring (bicyclic) bond motifs is 3. The van der Waals surface area contributed by atoms with Gasteiger partial charge in [0, 0.05) is 24.5 Å². The highest BCUT2D eigenvalue weighted by molar-refractivity contribution is 5.75. The van der Waals surface area contributed by atoms with Crippen molar-refractivity contribution in [3.8, 4) is 11.5 Å². The summed E-state index contributed by atoms with van der Waals surface area (Å²) in [5.41, 5.74) is 3.23. The van der Waals surface area contributed by atoms with Crippen molar-refractivity contribution < 1.29 is 33.2 Å². The fourth-order valence-electron chi connectivity index (χ4n) is 5.26. The van der Waals surface area contributed by atoms with Gasteiger partial charge in [0.05, 0.1) is 39.6 Å². The lowest BCUT2D eigenvalue weighted by atomic mass is 9.68. The van der Waals surface area contributed by atoms with Crippen LogP contribution in [0, 0.1) is 5.92 Å². The van der Waals surface area contributed by atoms with E-state index < -0.39 is 5.97 Å². The number of hydrogen-bond donors (Lipinski definition) is 0. The third-order valence-electron chi connectivity index (χ3n) is 7.20. The first-order chi connectivity index (χ1) is 17.9. The highest BCUT2D eigenvalue weighted by Gasteiger charge is 2.45. The zero-order chi connectivity index (χ0) is 26.7. The molecule has 0 N–H and O–H groups in total. The third-order valence-corrected chi connectivity index (χ3v) is 7.20. The first-order valence-electron chi connectivity index (χ1n) is 13.8. The lowest BCUT2D eigenvalue weighted by Gasteiger charge is -2.46. The summed E-state index contributed by atoms with van der Waals surface area (Å²) in [7, 11) is 1.64. The van der Waals surface area contributed by atoms with Crippen LogP contribution in [-0.4, -0.2) is 64.9 Å². The van der Waals surface area contributed by atoms with Crippen LogP contribution >= 0.6 is 0 Å². The molecule has 1 aliphatic heterocycles. The first kappa shape index (κ1) is 29.6. The Morgan fingerprint density at radius 3 is 2.43 bits per heavy atom. The summed E-state index contributed by atoms with van der Waals surface area (Å²) in [5.74, 6) is 1.54. The number of esters is 1. The maximum Gasteiger partial charge on any atom is 0.337 e. The van der Waals surface area contributed by atoms with Gasteiger partial charge in [0.1, 0.15) is 23.7 Å². The minimum Gasteiger partial charge on any atom is -0.487 e. The van der Waals surface area contributed by atoms with Gasteiger partial charge in [-0.25, -0.2) is 4.79 Å². The molecule has 37 heavy (non-hydrogen) atoms. The molecule has 2 atom stereocenters. The van der Waals surface area contributed by atoms with E-state index in [0.717, 1.165) is 49.0 Å². The van der Waals surface area contributed by atoms with Crippen molar-refractivity contribution in [1.29, 1.82) is 0 Å². The molecule has 3 rings (SSSR count). The summed E-state index contributed by atoms with van der Waals surface area (Å²) in [6.45, 7) is 11.4. The maximum absolute atomic E-state index is 12.8. The average molecular weight is 519 g/mol. The van der Waals surface area contributed by atoms with Crippen LogP contribution in [0.2, 0.25) is 0 Å². The number of ether oxygens (including phenoxy) is 6. The van der Waals surface area contributed by atoms with Gasteiger partial charge in [0.15, 0.2) is 0 Å². The predicted molar refractivity (Wildman–Crippen MR) is 144 cm³/mol. The number of unbranched alkanes of at least 4 members (excludes halogenated alkanes) is 2. The van der Waals surface area contributed by atoms with Gasteiger partial charge in [0.25, 0.3) is 0 Å². The molecule has 7 nitrogen and oxygen atoms in total. The Bertz CT molecular complexity index is 892. The molecule has 1 aromatic rings. The molecule has 0 unspecified atom stereocenters. The Hall–Kier alpha value is -1.93. The number of carbonyl (C=O) groups excluding carboxylic acids is 1. The minimum atomic E-state index is -0.409. The van der Waals surface area contributed by atoms with Crippen LogP contribution in [0.1, 0.15) is 76.8 Å². The van der Waals surface area contributed by atoms with Crippen LogP contribution in [0.4, 0.5) is 0 Å². The number of carbonyl (C=O) groups is 1. The second-order valence-electron chi connectivity index (χ2n) is 10.6. The summed E-state index contributed by atoms with van der Waals surface area (Å²) in [6, 6.07) is 4.19. The molecule has 1 aromatic carbocycles. The standard InChI is InChI=1S/C30H46O7/c1-6-7-8-9-23-19-26(36-28(31)21-35-17-16-34-15-14-33-13-12-32-5)29-24-18-22(2)10-11-25(24)30(3,4)37-27(29)20-23/h18-20,24-25H,6-17,21H2,1-5H3/t24-,25-/m1/s1. The third kappa shape index (κ3) is 8.81. The van der Waals surface area contributed by atoms with E-state index in [1.165, 1.54) is 12.0 Å². The molecular weight excluding hydrogens is 472 g/mol. The highest BCUT2D eigenvalue weighted by Crippen LogP contribution is 2.53. The Morgan fingerprint density at radius 1 is 1.03 bits per heavy atom. The molecule has 1 aliphatic carbocycles. The van der Waals surface area contributed by atoms with E-state index in [1.807, 2.05) is 6.07 Å². The summed E-state index contributed by atoms with van der Waals surface area (Å²) in [5, 5.41) is 0. The van der Waals surface area contributed by atoms with E-state index >= 15 is 0 Å². The fourth-order valence-corrected chi connectivity index (χ4v) is 5.26. The van der Waals surface area contributed by atoms with Crippen LogP contribution in [0.3, 0.4) is 0 Å². The van der Waals surface area contributed by atoms with Crippen LogP contribution in [0.25, 0.3) is 0 Å². The van der Waals surface area contributed by atoms with E-state index in [-0.39, 0.29) is 18.1 Å². The summed E-state index contributed by atoms with van der Waals surface area (Å²) < 4.78 is 33.8. The van der Waals surface area contributed by atoms with Gasteiger partial charge >= 0.3 is 5.97 Å². The Morgan fingerprint density at radius 2 is 1.73 bits per heavy atom. The van der Waals surface area contributed by atoms with Gasteiger partial charge in [-0.1, -0.05) is 31.4 Å². The molecule has 1 heterocycles. The molecule has 0 bridgehead atoms. The molecule has 0 amide bonds. The second-order valence-corrected chi connectivity index (χ2v) is 10.6. The second kappa shape index (κ2) is 14.9. The van der Waals surface area contributed by atoms with Crippen LogP contribution in [0.5, 0.6) is 11.5 Å². The summed E-state index contributed by atoms with van der Waals surface area (Å²) >= 11 is 0. The summed E-state index contributed by atoms with van der Waals surface area (Å²) in [4.78, 5) is 12.8. The van der Waals surface area contributed by atoms with E-state index in [4.69, 9.17) is 28.4 Å². The van der Waals surface area contributed by atoms with Gasteiger partial charge in [-0.05, 0) is 64.2 Å². The van der Waals surface area contributed by atoms with Gasteiger partial charge in [0.2, 0.25) is 0 Å². The van der Waals surface area contributed by atoms with E-state index in [1.54, 1.807) is 7.11 Å². The zero-order valence-corrected chi connectivity index (χ0v) is 23.4. The maximum atomic E-state index is 12.8. The van der Waals surface area contributed by atoms with E-state index in [2.05, 4.69) is 39.8 Å². The van der Waals surface area contributed by atoms with Gasteiger partial charge in [-0.3, -0.25) is 0 Å². The van der Waals surface area contributed by atoms with Gasteiger partial charge < -0.3 is 28.4 Å². The van der Waals surface area contributed by atoms with Crippen molar-refractivity contribution in [1.82, 2.24) is 0 Å². The largest absolute Gasteiger partial charge is 0.487 e. The SMILES string of the molecule is CCCCCc1cc(OC(=O)COCCOCCOCCOC)c2c(c1)OC(C)(C)[C@@H]1CCC(C)=C[C@@H]21. The average Bonchev–Trinajstić information content (AvgIpc) is 2.84. The Labute approximate surface area is 222 Å². The monoisotopic (exact) mass is 518 g/mol. The molecule has 0 saturated heterocycles. The lowest BCUT2D eigenvalue weighted by molar-refractivity contribution is -0.140. The van der Waals surface area contributed by atoms with E-state index in [0.29, 0.717) is 51.3 Å². The lowest BCUT2D eigenvalue weighted by Crippen LogP contribution is -2.45. The quantitative estimate of drug-likeness (QED) is 0.121. The Balaban J connectivity index is 1.63. The van der Waals surface area contributed by atoms with Crippen LogP contribution in [0.15, 0.2) is 23.8 Å². The number of aryl methyl sites for hydroxylation is 1. The number of allylic oxidation sites excluding steroid dienone is 2. The zero-order valence-electron chi connectivity index (χ0n) is 23.4. The van der Waals surface area contributed by atoms with E-state index in [9.17, 15) is 4.79 Å². The van der Waals surface area contributed by atoms with Crippen molar-refractivity contribution >= 4 is 5.97 Å². The fraction of sp³-hybridized carbons (Fsp3) is 0.700. The normalized spacial score (nSPS) is 20.0. The molecule has 0 aromatic heterocycles. The molecular formula is C30H46O7. The van der Waals surface area contributed by atoms with Crippen molar-refractivity contribution in [3.63, 3.8) is 0 Å². The van der Waals surface area contributed by atoms with Gasteiger partial charge in [-0.2, -0.15) is 0 Å². The molecule has 0 radical (unpaired) electrons. The number of rotatable bonds is 16. The van der Waals surface area contributed by atoms with Crippen LogP contribution in [-0.2, 0) is 30.2 Å². The number of methoxy groups -OCH3 is 1. The molecule has 2 aliphatic rings. The van der Waals surface area contributed by atoms with Crippen molar-refractivity contribution in [2.75, 3.05) is 53.4 Å². The molecule has 208 valence electrons. The highest BCUT2D eigenvalue weighted by atomic mass is 16.6. The topological polar surface area (TPSA) is 72.5 Å². The first-order valence-corrected chi connectivity index (χ1v) is 13.8. The van der Waals surface area contributed by atoms with Crippen molar-refractivity contribution in [2.45, 2.75) is 77.7 Å². The van der Waals surface area contributed by atoms with Gasteiger partial charge in [-0.15, -0.1) is 0 Å². The van der Waals surface area contributed by atoms with Crippen molar-refractivity contribution in [3.05, 3.63) is 34.9 Å². The number of benzene rings is 1. The molecule has 0 fully saturated rings. The minimum absolute atomic E-state index is 0.127. The molecule has 7 heteroatoms. The Kier molecular flexibility index (Phi) is 11.9. The number of hydrogen-bond acceptors (Lipinski definition) is 7. The smallest absolute Gasteiger partial charge is 0.337 e. The molecule has 0 spiro atoms. The summed E-state index contributed by atoms with van der Waals surface area (Å²) in [6.07, 6.45) is 8.83.